The second kappa shape index (κ2) is 41.7. The monoisotopic (exact) mass is 700 g/mol. The molecule has 0 bridgehead atoms. The van der Waals surface area contributed by atoms with Gasteiger partial charge in [0.15, 0.2) is 0 Å². The minimum absolute atomic E-state index is 0.156. The molecule has 0 aliphatic rings. The van der Waals surface area contributed by atoms with E-state index in [4.69, 9.17) is 61.6 Å². The Hall–Kier alpha value is -1.50. The first-order valence-corrected chi connectivity index (χ1v) is 17.3. The molecular weight excluding hydrogens is 636 g/mol. The smallest absolute Gasteiger partial charge is 0.305 e. The highest BCUT2D eigenvalue weighted by molar-refractivity contribution is 5.69. The highest BCUT2D eigenvalue weighted by Crippen LogP contribution is 2.03. The van der Waals surface area contributed by atoms with E-state index in [9.17, 15) is 9.59 Å². The number of esters is 2. The molecule has 15 nitrogen and oxygen atoms in total. The largest absolute Gasteiger partial charge is 0.463 e. The number of unbranched alkanes of at least 4 members (excludes halogenated alkanes) is 3. The highest BCUT2D eigenvalue weighted by Gasteiger charge is 2.02. The van der Waals surface area contributed by atoms with Gasteiger partial charge in [0.1, 0.15) is 13.2 Å². The van der Waals surface area contributed by atoms with E-state index in [-0.39, 0.29) is 25.2 Å². The van der Waals surface area contributed by atoms with Crippen LogP contribution in [0.3, 0.4) is 0 Å². The van der Waals surface area contributed by atoms with Crippen LogP contribution in [0.1, 0.15) is 46.0 Å². The van der Waals surface area contributed by atoms with Crippen LogP contribution in [0.25, 0.3) is 0 Å². The summed E-state index contributed by atoms with van der Waals surface area (Å²) >= 11 is 0. The molecule has 0 fully saturated rings. The zero-order valence-electron chi connectivity index (χ0n) is 29.6. The third kappa shape index (κ3) is 42.5. The second-order valence-electron chi connectivity index (χ2n) is 10.1. The van der Waals surface area contributed by atoms with Gasteiger partial charge in [-0.2, -0.15) is 0 Å². The van der Waals surface area contributed by atoms with Crippen molar-refractivity contribution in [3.05, 3.63) is 0 Å². The van der Waals surface area contributed by atoms with Gasteiger partial charge >= 0.3 is 11.9 Å². The summed E-state index contributed by atoms with van der Waals surface area (Å²) in [6, 6.07) is 0. The molecule has 0 spiro atoms. The van der Waals surface area contributed by atoms with Gasteiger partial charge in [-0.15, -0.1) is 0 Å². The average molecular weight is 701 g/mol. The maximum atomic E-state index is 11.5. The summed E-state index contributed by atoms with van der Waals surface area (Å²) in [5.41, 5.74) is 0. The first-order valence-electron chi connectivity index (χ1n) is 17.3. The summed E-state index contributed by atoms with van der Waals surface area (Å²) in [4.78, 5) is 22.1. The molecule has 15 heteroatoms. The Morgan fingerprint density at radius 1 is 0.333 bits per heavy atom. The van der Waals surface area contributed by atoms with E-state index >= 15 is 0 Å². The minimum Gasteiger partial charge on any atom is -0.463 e. The van der Waals surface area contributed by atoms with E-state index in [2.05, 4.69) is 6.92 Å². The van der Waals surface area contributed by atoms with Crippen LogP contribution in [0, 0.1) is 0 Å². The molecule has 48 heavy (non-hydrogen) atoms. The van der Waals surface area contributed by atoms with Gasteiger partial charge in [-0.05, 0) is 6.42 Å². The van der Waals surface area contributed by atoms with Crippen molar-refractivity contribution in [2.45, 2.75) is 46.0 Å². The first-order chi connectivity index (χ1) is 23.7. The maximum absolute atomic E-state index is 11.5. The zero-order chi connectivity index (χ0) is 34.9. The molecule has 286 valence electrons. The molecule has 0 saturated heterocycles. The Morgan fingerprint density at radius 3 is 0.833 bits per heavy atom. The van der Waals surface area contributed by atoms with E-state index in [0.717, 1.165) is 25.7 Å². The first kappa shape index (κ1) is 46.5. The number of carbonyl (C=O) groups excluding carboxylic acids is 2. The Kier molecular flexibility index (Phi) is 40.4. The second-order valence-corrected chi connectivity index (χ2v) is 10.1. The van der Waals surface area contributed by atoms with Gasteiger partial charge < -0.3 is 61.6 Å². The van der Waals surface area contributed by atoms with Gasteiger partial charge in [0.2, 0.25) is 0 Å². The highest BCUT2D eigenvalue weighted by atomic mass is 16.6. The quantitative estimate of drug-likeness (QED) is 0.0676. The molecule has 0 saturated carbocycles. The van der Waals surface area contributed by atoms with Crippen molar-refractivity contribution in [3.63, 3.8) is 0 Å². The molecule has 0 rings (SSSR count). The molecule has 0 atom stereocenters. The van der Waals surface area contributed by atoms with Gasteiger partial charge in [0, 0.05) is 13.3 Å². The van der Waals surface area contributed by atoms with E-state index in [1.165, 1.54) is 6.92 Å². The summed E-state index contributed by atoms with van der Waals surface area (Å²) < 4.78 is 69.5. The SMILES string of the molecule is CCCCCCC(=O)OCCOCCOCCOCCOCCOCCOCCOCCOCCOCCOCCOCCOC(C)=O. The molecule has 0 aliphatic carbocycles. The van der Waals surface area contributed by atoms with Crippen molar-refractivity contribution < 1.29 is 71.2 Å². The molecule has 0 radical (unpaired) electrons. The van der Waals surface area contributed by atoms with Crippen molar-refractivity contribution in [2.24, 2.45) is 0 Å². The van der Waals surface area contributed by atoms with Gasteiger partial charge in [-0.1, -0.05) is 26.2 Å². The van der Waals surface area contributed by atoms with Crippen molar-refractivity contribution in [2.75, 3.05) is 159 Å². The molecule has 0 unspecified atom stereocenters. The minimum atomic E-state index is -0.314. The van der Waals surface area contributed by atoms with Gasteiger partial charge in [0.25, 0.3) is 0 Å². The number of hydrogen-bond acceptors (Lipinski definition) is 15. The van der Waals surface area contributed by atoms with Crippen LogP contribution in [0.5, 0.6) is 0 Å². The third-order valence-corrected chi connectivity index (χ3v) is 5.98. The van der Waals surface area contributed by atoms with Crippen LogP contribution in [-0.2, 0) is 71.2 Å². The van der Waals surface area contributed by atoms with Crippen LogP contribution in [-0.4, -0.2) is 171 Å². The fraction of sp³-hybridized carbons (Fsp3) is 0.939. The normalized spacial score (nSPS) is 11.3. The molecule has 0 aliphatic heterocycles. The van der Waals surface area contributed by atoms with Gasteiger partial charge in [0.05, 0.1) is 145 Å². The molecule has 0 aromatic heterocycles. The molecule has 0 N–H and O–H groups in total. The Balaban J connectivity index is 3.08. The van der Waals surface area contributed by atoms with Crippen LogP contribution in [0.15, 0.2) is 0 Å². The summed E-state index contributed by atoms with van der Waals surface area (Å²) in [5.74, 6) is -0.470. The molecule has 0 aromatic rings. The number of rotatable bonds is 41. The lowest BCUT2D eigenvalue weighted by molar-refractivity contribution is -0.145. The van der Waals surface area contributed by atoms with Gasteiger partial charge in [-0.25, -0.2) is 0 Å². The molecular formula is C33H64O15. The van der Waals surface area contributed by atoms with Crippen molar-refractivity contribution in [1.29, 1.82) is 0 Å². The van der Waals surface area contributed by atoms with Crippen LogP contribution < -0.4 is 0 Å². The lowest BCUT2D eigenvalue weighted by atomic mass is 10.2. The van der Waals surface area contributed by atoms with Gasteiger partial charge in [-0.3, -0.25) is 9.59 Å². The summed E-state index contributed by atoms with van der Waals surface area (Å²) in [7, 11) is 0. The fourth-order valence-electron chi connectivity index (χ4n) is 3.53. The number of hydrogen-bond donors (Lipinski definition) is 0. The standard InChI is InChI=1S/C33H64O15/c1-3-4-5-6-7-33(35)48-31-29-46-27-25-44-23-21-42-19-17-40-15-13-38-11-9-36-8-10-37-12-14-39-16-18-41-20-22-43-24-26-45-28-30-47-32(2)34/h3-31H2,1-2H3. The fourth-order valence-corrected chi connectivity index (χ4v) is 3.53. The average Bonchev–Trinajstić information content (AvgIpc) is 3.08. The van der Waals surface area contributed by atoms with Crippen LogP contribution >= 0.6 is 0 Å². The topological polar surface area (TPSA) is 154 Å². The predicted octanol–water partition coefficient (Wildman–Crippen LogP) is 2.25. The van der Waals surface area contributed by atoms with Crippen molar-refractivity contribution in [3.8, 4) is 0 Å². The van der Waals surface area contributed by atoms with E-state index in [1.807, 2.05) is 0 Å². The Labute approximate surface area is 287 Å². The number of carbonyl (C=O) groups is 2. The summed E-state index contributed by atoms with van der Waals surface area (Å²) in [6.45, 7) is 14.4. The number of ether oxygens (including phenoxy) is 13. The lowest BCUT2D eigenvalue weighted by Gasteiger charge is -2.09. The lowest BCUT2D eigenvalue weighted by Crippen LogP contribution is -2.16. The van der Waals surface area contributed by atoms with Crippen molar-refractivity contribution >= 4 is 11.9 Å². The third-order valence-electron chi connectivity index (χ3n) is 5.98. The van der Waals surface area contributed by atoms with E-state index < -0.39 is 0 Å². The molecule has 0 heterocycles. The zero-order valence-corrected chi connectivity index (χ0v) is 29.6. The Bertz CT molecular complexity index is 657. The Morgan fingerprint density at radius 2 is 0.583 bits per heavy atom. The van der Waals surface area contributed by atoms with Crippen molar-refractivity contribution in [1.82, 2.24) is 0 Å². The molecule has 0 aromatic carbocycles. The molecule has 0 amide bonds. The maximum Gasteiger partial charge on any atom is 0.305 e. The van der Waals surface area contributed by atoms with E-state index in [0.29, 0.717) is 152 Å². The summed E-state index contributed by atoms with van der Waals surface area (Å²) in [5, 5.41) is 0. The van der Waals surface area contributed by atoms with Crippen LogP contribution in [0.4, 0.5) is 0 Å². The van der Waals surface area contributed by atoms with E-state index in [1.54, 1.807) is 0 Å². The summed E-state index contributed by atoms with van der Waals surface area (Å²) in [6.07, 6.45) is 4.74. The predicted molar refractivity (Wildman–Crippen MR) is 175 cm³/mol. The van der Waals surface area contributed by atoms with Crippen LogP contribution in [0.2, 0.25) is 0 Å².